The predicted molar refractivity (Wildman–Crippen MR) is 98.4 cm³/mol. The molecule has 0 unspecified atom stereocenters. The quantitative estimate of drug-likeness (QED) is 0.558. The summed E-state index contributed by atoms with van der Waals surface area (Å²) in [5.41, 5.74) is 6.05. The molecule has 1 heterocycles. The molecule has 0 N–H and O–H groups in total. The molecule has 0 amide bonds. The minimum Gasteiger partial charge on any atom is -0.293 e. The van der Waals surface area contributed by atoms with Gasteiger partial charge in [-0.2, -0.15) is 0 Å². The van der Waals surface area contributed by atoms with Crippen LogP contribution in [-0.2, 0) is 6.42 Å². The van der Waals surface area contributed by atoms with Crippen molar-refractivity contribution in [3.63, 3.8) is 0 Å². The molecule has 0 radical (unpaired) electrons. The molecule has 3 rings (SSSR count). The third-order valence-electron chi connectivity index (χ3n) is 4.16. The first kappa shape index (κ1) is 15.7. The number of ketones is 1. The third kappa shape index (κ3) is 3.59. The molecule has 3 aromatic rings. The van der Waals surface area contributed by atoms with Crippen LogP contribution in [0.2, 0.25) is 0 Å². The van der Waals surface area contributed by atoms with Crippen molar-refractivity contribution < 1.29 is 4.79 Å². The van der Waals surface area contributed by atoms with Crippen molar-refractivity contribution in [1.82, 2.24) is 0 Å². The minimum absolute atomic E-state index is 0.189. The van der Waals surface area contributed by atoms with Crippen LogP contribution >= 0.6 is 11.3 Å². The van der Waals surface area contributed by atoms with Gasteiger partial charge in [-0.25, -0.2) is 0 Å². The van der Waals surface area contributed by atoms with E-state index >= 15 is 0 Å². The van der Waals surface area contributed by atoms with Crippen LogP contribution in [0.5, 0.6) is 0 Å². The fraction of sp³-hybridized carbons (Fsp3) is 0.190. The maximum absolute atomic E-state index is 12.5. The van der Waals surface area contributed by atoms with E-state index in [0.717, 1.165) is 15.3 Å². The van der Waals surface area contributed by atoms with Gasteiger partial charge in [-0.1, -0.05) is 48.0 Å². The summed E-state index contributed by atoms with van der Waals surface area (Å²) in [6, 6.07) is 18.6. The monoisotopic (exact) mass is 320 g/mol. The van der Waals surface area contributed by atoms with E-state index in [1.165, 1.54) is 22.3 Å². The highest BCUT2D eigenvalue weighted by Gasteiger charge is 2.11. The number of carbonyl (C=O) groups is 1. The Labute approximate surface area is 141 Å². The third-order valence-corrected chi connectivity index (χ3v) is 5.33. The van der Waals surface area contributed by atoms with Crippen LogP contribution in [-0.4, -0.2) is 5.78 Å². The molecule has 0 fully saturated rings. The smallest absolute Gasteiger partial charge is 0.177 e. The summed E-state index contributed by atoms with van der Waals surface area (Å²) in [4.78, 5) is 14.5. The number of carbonyl (C=O) groups excluding carboxylic acids is 1. The van der Waals surface area contributed by atoms with Gasteiger partial charge in [-0.3, -0.25) is 4.79 Å². The normalized spacial score (nSPS) is 10.7. The van der Waals surface area contributed by atoms with Crippen molar-refractivity contribution in [3.05, 3.63) is 81.7 Å². The van der Waals surface area contributed by atoms with Gasteiger partial charge < -0.3 is 0 Å². The van der Waals surface area contributed by atoms with E-state index in [9.17, 15) is 4.79 Å². The number of aryl methyl sites for hydroxylation is 3. The SMILES string of the molecule is Cc1ccc(CC(=O)c2ccc(-c3ccc(C)c(C)c3)s2)cc1. The van der Waals surface area contributed by atoms with E-state index in [4.69, 9.17) is 0 Å². The second kappa shape index (κ2) is 6.51. The minimum atomic E-state index is 0.189. The van der Waals surface area contributed by atoms with Crippen LogP contribution in [0.4, 0.5) is 0 Å². The van der Waals surface area contributed by atoms with Crippen LogP contribution in [0, 0.1) is 20.8 Å². The molecule has 23 heavy (non-hydrogen) atoms. The van der Waals surface area contributed by atoms with Crippen molar-refractivity contribution in [2.45, 2.75) is 27.2 Å². The van der Waals surface area contributed by atoms with Gasteiger partial charge in [-0.05, 0) is 55.2 Å². The average Bonchev–Trinajstić information content (AvgIpc) is 3.02. The summed E-state index contributed by atoms with van der Waals surface area (Å²) >= 11 is 1.58. The lowest BCUT2D eigenvalue weighted by molar-refractivity contribution is 0.0997. The number of hydrogen-bond donors (Lipinski definition) is 0. The average molecular weight is 320 g/mol. The molecule has 1 nitrogen and oxygen atoms in total. The Bertz CT molecular complexity index is 841. The summed E-state index contributed by atoms with van der Waals surface area (Å²) in [5.74, 6) is 0.189. The molecular formula is C21H20OS. The highest BCUT2D eigenvalue weighted by atomic mass is 32.1. The van der Waals surface area contributed by atoms with E-state index in [2.05, 4.69) is 57.2 Å². The maximum atomic E-state index is 12.5. The number of benzene rings is 2. The molecule has 1 aromatic heterocycles. The number of hydrogen-bond acceptors (Lipinski definition) is 2. The molecule has 0 saturated carbocycles. The fourth-order valence-electron chi connectivity index (χ4n) is 2.52. The Hall–Kier alpha value is -2.19. The van der Waals surface area contributed by atoms with Gasteiger partial charge >= 0.3 is 0 Å². The van der Waals surface area contributed by atoms with E-state index in [1.54, 1.807) is 11.3 Å². The summed E-state index contributed by atoms with van der Waals surface area (Å²) in [6.45, 7) is 6.29. The van der Waals surface area contributed by atoms with Crippen LogP contribution < -0.4 is 0 Å². The zero-order valence-electron chi connectivity index (χ0n) is 13.7. The molecule has 0 spiro atoms. The molecule has 0 aliphatic heterocycles. The first-order chi connectivity index (χ1) is 11.0. The molecule has 2 heteroatoms. The molecule has 0 saturated heterocycles. The van der Waals surface area contributed by atoms with Crippen molar-refractivity contribution >= 4 is 17.1 Å². The van der Waals surface area contributed by atoms with Crippen molar-refractivity contribution in [2.75, 3.05) is 0 Å². The van der Waals surface area contributed by atoms with Gasteiger partial charge in [0.2, 0.25) is 0 Å². The standard InChI is InChI=1S/C21H20OS/c1-14-4-7-17(8-5-14)13-19(22)21-11-10-20(23-21)18-9-6-15(2)16(3)12-18/h4-12H,13H2,1-3H3. The number of thiophene rings is 1. The van der Waals surface area contributed by atoms with Crippen LogP contribution in [0.25, 0.3) is 10.4 Å². The maximum Gasteiger partial charge on any atom is 0.177 e. The highest BCUT2D eigenvalue weighted by molar-refractivity contribution is 7.17. The molecule has 2 aromatic carbocycles. The van der Waals surface area contributed by atoms with Crippen molar-refractivity contribution in [3.8, 4) is 10.4 Å². The van der Waals surface area contributed by atoms with E-state index in [0.29, 0.717) is 6.42 Å². The van der Waals surface area contributed by atoms with Crippen LogP contribution in [0.15, 0.2) is 54.6 Å². The Kier molecular flexibility index (Phi) is 4.44. The van der Waals surface area contributed by atoms with Gasteiger partial charge in [0.15, 0.2) is 5.78 Å². The number of rotatable bonds is 4. The molecule has 116 valence electrons. The van der Waals surface area contributed by atoms with E-state index in [1.807, 2.05) is 18.2 Å². The van der Waals surface area contributed by atoms with Crippen LogP contribution in [0.1, 0.15) is 31.9 Å². The van der Waals surface area contributed by atoms with Crippen molar-refractivity contribution in [1.29, 1.82) is 0 Å². The Balaban J connectivity index is 1.79. The summed E-state index contributed by atoms with van der Waals surface area (Å²) in [6.07, 6.45) is 0.465. The second-order valence-corrected chi connectivity index (χ2v) is 7.13. The fourth-order valence-corrected chi connectivity index (χ4v) is 3.46. The zero-order valence-corrected chi connectivity index (χ0v) is 14.5. The predicted octanol–water partition coefficient (Wildman–Crippen LogP) is 5.77. The summed E-state index contributed by atoms with van der Waals surface area (Å²) < 4.78 is 0. The van der Waals surface area contributed by atoms with Crippen LogP contribution in [0.3, 0.4) is 0 Å². The summed E-state index contributed by atoms with van der Waals surface area (Å²) in [7, 11) is 0. The molecular weight excluding hydrogens is 300 g/mol. The van der Waals surface area contributed by atoms with Gasteiger partial charge in [0, 0.05) is 11.3 Å². The first-order valence-electron chi connectivity index (χ1n) is 7.79. The Morgan fingerprint density at radius 1 is 0.870 bits per heavy atom. The topological polar surface area (TPSA) is 17.1 Å². The molecule has 0 atom stereocenters. The van der Waals surface area contributed by atoms with E-state index < -0.39 is 0 Å². The largest absolute Gasteiger partial charge is 0.293 e. The number of Topliss-reactive ketones (excluding diaryl/α,β-unsaturated/α-hetero) is 1. The van der Waals surface area contributed by atoms with E-state index in [-0.39, 0.29) is 5.78 Å². The first-order valence-corrected chi connectivity index (χ1v) is 8.61. The highest BCUT2D eigenvalue weighted by Crippen LogP contribution is 2.30. The Morgan fingerprint density at radius 2 is 1.61 bits per heavy atom. The molecule has 0 bridgehead atoms. The lowest BCUT2D eigenvalue weighted by Crippen LogP contribution is -2.00. The summed E-state index contributed by atoms with van der Waals surface area (Å²) in [5, 5.41) is 0. The van der Waals surface area contributed by atoms with Gasteiger partial charge in [0.05, 0.1) is 4.88 Å². The lowest BCUT2D eigenvalue weighted by atomic mass is 10.1. The van der Waals surface area contributed by atoms with Crippen molar-refractivity contribution in [2.24, 2.45) is 0 Å². The van der Waals surface area contributed by atoms with Gasteiger partial charge in [0.25, 0.3) is 0 Å². The van der Waals surface area contributed by atoms with Gasteiger partial charge in [-0.15, -0.1) is 11.3 Å². The lowest BCUT2D eigenvalue weighted by Gasteiger charge is -2.03. The molecule has 0 aliphatic carbocycles. The van der Waals surface area contributed by atoms with Gasteiger partial charge in [0.1, 0.15) is 0 Å². The molecule has 0 aliphatic rings. The zero-order chi connectivity index (χ0) is 16.4. The Morgan fingerprint density at radius 3 is 2.30 bits per heavy atom. The second-order valence-electron chi connectivity index (χ2n) is 6.05.